The zero-order valence-corrected chi connectivity index (χ0v) is 14.0. The van der Waals surface area contributed by atoms with E-state index < -0.39 is 0 Å². The molecule has 1 saturated carbocycles. The average Bonchev–Trinajstić information content (AvgIpc) is 3.28. The smallest absolute Gasteiger partial charge is 0.257 e. The number of rotatable bonds is 8. The Hall–Kier alpha value is -1.27. The monoisotopic (exact) mass is 356 g/mol. The van der Waals surface area contributed by atoms with Crippen molar-refractivity contribution in [1.29, 1.82) is 0 Å². The van der Waals surface area contributed by atoms with Crippen LogP contribution in [0, 0.1) is 5.92 Å². The Morgan fingerprint density at radius 2 is 2.19 bits per heavy atom. The van der Waals surface area contributed by atoms with Gasteiger partial charge in [-0.3, -0.25) is 4.79 Å². The van der Waals surface area contributed by atoms with Crippen LogP contribution in [0.4, 0.5) is 0 Å². The predicted molar refractivity (Wildman–Crippen MR) is 84.7 cm³/mol. The Morgan fingerprint density at radius 1 is 1.43 bits per heavy atom. The highest BCUT2D eigenvalue weighted by molar-refractivity contribution is 9.10. The lowest BCUT2D eigenvalue weighted by atomic mass is 10.2. The molecule has 1 aliphatic carbocycles. The van der Waals surface area contributed by atoms with Crippen LogP contribution in [0.5, 0.6) is 11.5 Å². The van der Waals surface area contributed by atoms with Gasteiger partial charge in [0.05, 0.1) is 11.6 Å². The second-order valence-corrected chi connectivity index (χ2v) is 6.03. The molecule has 0 saturated heterocycles. The summed E-state index contributed by atoms with van der Waals surface area (Å²) in [5, 5.41) is 5.96. The van der Waals surface area contributed by atoms with E-state index in [9.17, 15) is 4.79 Å². The molecule has 0 heterocycles. The van der Waals surface area contributed by atoms with Crippen LogP contribution in [0.15, 0.2) is 16.6 Å². The normalized spacial score (nSPS) is 13.9. The van der Waals surface area contributed by atoms with Crippen LogP contribution >= 0.6 is 15.9 Å². The van der Waals surface area contributed by atoms with E-state index in [1.54, 1.807) is 7.11 Å². The maximum Gasteiger partial charge on any atom is 0.257 e. The van der Waals surface area contributed by atoms with Crippen molar-refractivity contribution in [3.05, 3.63) is 22.2 Å². The minimum absolute atomic E-state index is 0.00689. The molecule has 0 aliphatic heterocycles. The molecule has 5 nitrogen and oxygen atoms in total. The highest BCUT2D eigenvalue weighted by Gasteiger charge is 2.21. The summed E-state index contributed by atoms with van der Waals surface area (Å²) in [7, 11) is 3.47. The third-order valence-corrected chi connectivity index (χ3v) is 3.89. The second-order valence-electron chi connectivity index (χ2n) is 5.18. The van der Waals surface area contributed by atoms with Crippen LogP contribution in [0.1, 0.15) is 18.4 Å². The summed E-state index contributed by atoms with van der Waals surface area (Å²) < 4.78 is 11.7. The van der Waals surface area contributed by atoms with Crippen molar-refractivity contribution in [2.45, 2.75) is 19.4 Å². The molecule has 0 spiro atoms. The number of carbonyl (C=O) groups excluding carboxylic acids is 1. The summed E-state index contributed by atoms with van der Waals surface area (Å²) >= 11 is 3.47. The van der Waals surface area contributed by atoms with Crippen molar-refractivity contribution in [2.24, 2.45) is 5.92 Å². The Morgan fingerprint density at radius 3 is 2.81 bits per heavy atom. The first-order valence-electron chi connectivity index (χ1n) is 7.04. The lowest BCUT2D eigenvalue weighted by Gasteiger charge is -2.14. The van der Waals surface area contributed by atoms with Gasteiger partial charge in [0.2, 0.25) is 0 Å². The average molecular weight is 357 g/mol. The van der Waals surface area contributed by atoms with Crippen LogP contribution in [0.3, 0.4) is 0 Å². The highest BCUT2D eigenvalue weighted by atomic mass is 79.9. The van der Waals surface area contributed by atoms with Crippen molar-refractivity contribution in [2.75, 3.05) is 27.3 Å². The number of carbonyl (C=O) groups is 1. The van der Waals surface area contributed by atoms with Crippen molar-refractivity contribution >= 4 is 21.8 Å². The fraction of sp³-hybridized carbons (Fsp3) is 0.533. The van der Waals surface area contributed by atoms with Gasteiger partial charge >= 0.3 is 0 Å². The fourth-order valence-electron chi connectivity index (χ4n) is 1.99. The fourth-order valence-corrected chi connectivity index (χ4v) is 2.59. The van der Waals surface area contributed by atoms with E-state index in [0.717, 1.165) is 23.1 Å². The van der Waals surface area contributed by atoms with Crippen molar-refractivity contribution in [1.82, 2.24) is 10.6 Å². The molecule has 6 heteroatoms. The summed E-state index contributed by atoms with van der Waals surface area (Å²) in [5.74, 6) is 1.73. The summed E-state index contributed by atoms with van der Waals surface area (Å²) in [6.45, 7) is 1.48. The molecule has 116 valence electrons. The van der Waals surface area contributed by atoms with E-state index in [0.29, 0.717) is 17.4 Å². The van der Waals surface area contributed by atoms with Gasteiger partial charge in [-0.1, -0.05) is 0 Å². The molecule has 2 N–H and O–H groups in total. The Labute approximate surface area is 133 Å². The van der Waals surface area contributed by atoms with E-state index in [-0.39, 0.29) is 12.5 Å². The van der Waals surface area contributed by atoms with Gasteiger partial charge in [0.1, 0.15) is 0 Å². The molecule has 0 aromatic heterocycles. The third kappa shape index (κ3) is 4.89. The van der Waals surface area contributed by atoms with Crippen molar-refractivity contribution in [3.8, 4) is 11.5 Å². The summed E-state index contributed by atoms with van der Waals surface area (Å²) in [6, 6.07) is 3.86. The predicted octanol–water partition coefficient (Wildman–Crippen LogP) is 2.08. The zero-order valence-electron chi connectivity index (χ0n) is 12.4. The SMILES string of the molecule is CNCc1cc(Br)c(OCC(=O)NCC2CC2)c(OC)c1. The van der Waals surface area contributed by atoms with E-state index >= 15 is 0 Å². The number of nitrogens with one attached hydrogen (secondary N) is 2. The summed E-state index contributed by atoms with van der Waals surface area (Å²) in [4.78, 5) is 11.7. The quantitative estimate of drug-likeness (QED) is 0.748. The Kier molecular flexibility index (Phi) is 5.87. The summed E-state index contributed by atoms with van der Waals surface area (Å²) in [6.07, 6.45) is 2.43. The third-order valence-electron chi connectivity index (χ3n) is 3.30. The molecule has 2 rings (SSSR count). The van der Waals surface area contributed by atoms with E-state index in [1.165, 1.54) is 12.8 Å². The maximum absolute atomic E-state index is 11.7. The lowest BCUT2D eigenvalue weighted by Crippen LogP contribution is -2.30. The van der Waals surface area contributed by atoms with Gasteiger partial charge in [0.15, 0.2) is 18.1 Å². The van der Waals surface area contributed by atoms with Gasteiger partial charge in [-0.25, -0.2) is 0 Å². The van der Waals surface area contributed by atoms with E-state index in [4.69, 9.17) is 9.47 Å². The standard InChI is InChI=1S/C15H21BrN2O3/c1-17-7-11-5-12(16)15(13(6-11)20-2)21-9-14(19)18-8-10-3-4-10/h5-6,10,17H,3-4,7-9H2,1-2H3,(H,18,19). The van der Waals surface area contributed by atoms with Gasteiger partial charge in [-0.2, -0.15) is 0 Å². The first kappa shape index (κ1) is 16.1. The number of hydrogen-bond acceptors (Lipinski definition) is 4. The molecule has 0 unspecified atom stereocenters. The summed E-state index contributed by atoms with van der Waals surface area (Å²) in [5.41, 5.74) is 1.08. The minimum atomic E-state index is -0.102. The molecule has 0 radical (unpaired) electrons. The maximum atomic E-state index is 11.7. The number of halogens is 1. The highest BCUT2D eigenvalue weighted by Crippen LogP contribution is 2.36. The molecular weight excluding hydrogens is 336 g/mol. The number of benzene rings is 1. The van der Waals surface area contributed by atoms with Gasteiger partial charge in [0, 0.05) is 13.1 Å². The lowest BCUT2D eigenvalue weighted by molar-refractivity contribution is -0.123. The molecule has 0 atom stereocenters. The largest absolute Gasteiger partial charge is 0.493 e. The van der Waals surface area contributed by atoms with E-state index in [1.807, 2.05) is 19.2 Å². The Balaban J connectivity index is 1.95. The number of amides is 1. The van der Waals surface area contributed by atoms with Crippen molar-refractivity contribution < 1.29 is 14.3 Å². The topological polar surface area (TPSA) is 59.6 Å². The minimum Gasteiger partial charge on any atom is -0.493 e. The second kappa shape index (κ2) is 7.66. The van der Waals surface area contributed by atoms with Gasteiger partial charge in [0.25, 0.3) is 5.91 Å². The van der Waals surface area contributed by atoms with Gasteiger partial charge < -0.3 is 20.1 Å². The Bertz CT molecular complexity index is 504. The molecule has 21 heavy (non-hydrogen) atoms. The van der Waals surface area contributed by atoms with Crippen LogP contribution in [-0.2, 0) is 11.3 Å². The number of ether oxygens (including phenoxy) is 2. The molecule has 1 aliphatic rings. The van der Waals surface area contributed by atoms with Crippen LogP contribution in [0.2, 0.25) is 0 Å². The number of hydrogen-bond donors (Lipinski definition) is 2. The molecule has 1 aromatic rings. The van der Waals surface area contributed by atoms with Gasteiger partial charge in [-0.05, 0) is 59.4 Å². The van der Waals surface area contributed by atoms with E-state index in [2.05, 4.69) is 26.6 Å². The molecule has 1 amide bonds. The van der Waals surface area contributed by atoms with Crippen LogP contribution in [-0.4, -0.2) is 33.2 Å². The molecular formula is C15H21BrN2O3. The molecule has 0 bridgehead atoms. The number of methoxy groups -OCH3 is 1. The van der Waals surface area contributed by atoms with Crippen LogP contribution < -0.4 is 20.1 Å². The van der Waals surface area contributed by atoms with Crippen LogP contribution in [0.25, 0.3) is 0 Å². The molecule has 1 fully saturated rings. The molecule has 1 aromatic carbocycles. The first-order valence-corrected chi connectivity index (χ1v) is 7.83. The van der Waals surface area contributed by atoms with Crippen molar-refractivity contribution in [3.63, 3.8) is 0 Å². The van der Waals surface area contributed by atoms with Gasteiger partial charge in [-0.15, -0.1) is 0 Å². The first-order chi connectivity index (χ1) is 10.1. The zero-order chi connectivity index (χ0) is 15.2.